The number of aliphatic hydroxyl groups excluding tert-OH is 3. The quantitative estimate of drug-likeness (QED) is 0.670. The van der Waals surface area contributed by atoms with Crippen molar-refractivity contribution in [3.63, 3.8) is 0 Å². The number of benzene rings is 2. The molecule has 4 N–H and O–H groups in total. The van der Waals surface area contributed by atoms with Crippen LogP contribution in [0.25, 0.3) is 11.1 Å². The lowest BCUT2D eigenvalue weighted by atomic mass is 10.00. The normalized spacial score (nSPS) is 14.1. The van der Waals surface area contributed by atoms with E-state index in [0.29, 0.717) is 5.56 Å². The highest BCUT2D eigenvalue weighted by molar-refractivity contribution is 5.64. The van der Waals surface area contributed by atoms with Gasteiger partial charge in [0.05, 0.1) is 6.61 Å². The molecule has 2 aromatic rings. The van der Waals surface area contributed by atoms with Crippen LogP contribution in [0.4, 0.5) is 0 Å². The number of phenols is 1. The molecule has 0 saturated carbocycles. The first-order valence-corrected chi connectivity index (χ1v) is 5.98. The zero-order valence-electron chi connectivity index (χ0n) is 10.3. The van der Waals surface area contributed by atoms with E-state index in [9.17, 15) is 15.3 Å². The molecule has 4 heteroatoms. The maximum absolute atomic E-state index is 9.74. The van der Waals surface area contributed by atoms with Crippen molar-refractivity contribution < 1.29 is 20.4 Å². The minimum atomic E-state index is -1.18. The van der Waals surface area contributed by atoms with Gasteiger partial charge in [0.2, 0.25) is 0 Å². The molecule has 100 valence electrons. The zero-order valence-corrected chi connectivity index (χ0v) is 10.3. The summed E-state index contributed by atoms with van der Waals surface area (Å²) in [6.07, 6.45) is -2.28. The number of hydrogen-bond acceptors (Lipinski definition) is 4. The van der Waals surface area contributed by atoms with Gasteiger partial charge in [-0.1, -0.05) is 36.4 Å². The molecule has 0 aliphatic heterocycles. The van der Waals surface area contributed by atoms with Gasteiger partial charge in [-0.25, -0.2) is 0 Å². The van der Waals surface area contributed by atoms with Gasteiger partial charge >= 0.3 is 0 Å². The van der Waals surface area contributed by atoms with Crippen molar-refractivity contribution in [3.8, 4) is 16.9 Å². The van der Waals surface area contributed by atoms with Crippen LogP contribution in [0.15, 0.2) is 48.5 Å². The maximum Gasteiger partial charge on any atom is 0.115 e. The summed E-state index contributed by atoms with van der Waals surface area (Å²) in [6, 6.07) is 13.8. The van der Waals surface area contributed by atoms with Crippen molar-refractivity contribution in [2.24, 2.45) is 0 Å². The molecular weight excluding hydrogens is 244 g/mol. The van der Waals surface area contributed by atoms with Crippen LogP contribution in [0.1, 0.15) is 11.7 Å². The van der Waals surface area contributed by atoms with Crippen LogP contribution in [0.3, 0.4) is 0 Å². The molecule has 0 heterocycles. The number of rotatable bonds is 4. The van der Waals surface area contributed by atoms with Crippen LogP contribution < -0.4 is 0 Å². The summed E-state index contributed by atoms with van der Waals surface area (Å²) in [5.74, 6) is 0.210. The van der Waals surface area contributed by atoms with Gasteiger partial charge in [0.25, 0.3) is 0 Å². The Morgan fingerprint density at radius 1 is 0.789 bits per heavy atom. The van der Waals surface area contributed by atoms with Crippen molar-refractivity contribution in [3.05, 3.63) is 54.1 Å². The molecule has 19 heavy (non-hydrogen) atoms. The molecule has 0 spiro atoms. The lowest BCUT2D eigenvalue weighted by Crippen LogP contribution is -2.21. The molecule has 0 aromatic heterocycles. The Morgan fingerprint density at radius 3 is 1.74 bits per heavy atom. The standard InChI is InChI=1S/C15H16O4/c16-9-14(18)15(19)12-3-1-10(2-4-12)11-5-7-13(17)8-6-11/h1-8,14-19H,9H2. The molecule has 4 nitrogen and oxygen atoms in total. The fourth-order valence-corrected chi connectivity index (χ4v) is 1.85. The topological polar surface area (TPSA) is 80.9 Å². The summed E-state index contributed by atoms with van der Waals surface area (Å²) >= 11 is 0. The lowest BCUT2D eigenvalue weighted by molar-refractivity contribution is -0.0152. The Labute approximate surface area is 111 Å². The van der Waals surface area contributed by atoms with Gasteiger partial charge in [-0.2, -0.15) is 0 Å². The summed E-state index contributed by atoms with van der Waals surface area (Å²) in [7, 11) is 0. The molecule has 2 unspecified atom stereocenters. The molecule has 2 rings (SSSR count). The van der Waals surface area contributed by atoms with Crippen LogP contribution in [-0.2, 0) is 0 Å². The predicted molar refractivity (Wildman–Crippen MR) is 71.6 cm³/mol. The smallest absolute Gasteiger partial charge is 0.115 e. The van der Waals surface area contributed by atoms with Gasteiger partial charge in [-0.3, -0.25) is 0 Å². The van der Waals surface area contributed by atoms with Gasteiger partial charge in [0, 0.05) is 0 Å². The van der Waals surface area contributed by atoms with Crippen molar-refractivity contribution in [1.82, 2.24) is 0 Å². The van der Waals surface area contributed by atoms with E-state index in [0.717, 1.165) is 11.1 Å². The molecule has 0 amide bonds. The van der Waals surface area contributed by atoms with E-state index in [-0.39, 0.29) is 5.75 Å². The third-order valence-corrected chi connectivity index (χ3v) is 3.00. The van der Waals surface area contributed by atoms with Crippen molar-refractivity contribution >= 4 is 0 Å². The van der Waals surface area contributed by atoms with E-state index in [1.54, 1.807) is 36.4 Å². The number of phenolic OH excluding ortho intramolecular Hbond substituents is 1. The number of aliphatic hydroxyl groups is 3. The molecule has 0 aliphatic carbocycles. The highest BCUT2D eigenvalue weighted by Crippen LogP contribution is 2.24. The number of aromatic hydroxyl groups is 1. The van der Waals surface area contributed by atoms with E-state index in [1.807, 2.05) is 12.1 Å². The largest absolute Gasteiger partial charge is 0.508 e. The molecule has 0 radical (unpaired) electrons. The Morgan fingerprint density at radius 2 is 1.26 bits per heavy atom. The van der Waals surface area contributed by atoms with Crippen LogP contribution in [0.5, 0.6) is 5.75 Å². The van der Waals surface area contributed by atoms with Gasteiger partial charge in [-0.15, -0.1) is 0 Å². The average molecular weight is 260 g/mol. The minimum absolute atomic E-state index is 0.210. The second-order valence-electron chi connectivity index (χ2n) is 4.36. The average Bonchev–Trinajstić information content (AvgIpc) is 2.46. The highest BCUT2D eigenvalue weighted by atomic mass is 16.4. The summed E-state index contributed by atoms with van der Waals surface area (Å²) in [6.45, 7) is -0.485. The molecule has 2 atom stereocenters. The fourth-order valence-electron chi connectivity index (χ4n) is 1.85. The maximum atomic E-state index is 9.74. The third kappa shape index (κ3) is 3.12. The molecule has 0 fully saturated rings. The Kier molecular flexibility index (Phi) is 4.16. The summed E-state index contributed by atoms with van der Waals surface area (Å²) in [5.41, 5.74) is 2.43. The SMILES string of the molecule is OCC(O)C(O)c1ccc(-c2ccc(O)cc2)cc1. The first kappa shape index (κ1) is 13.5. The first-order valence-electron chi connectivity index (χ1n) is 5.98. The van der Waals surface area contributed by atoms with Crippen LogP contribution in [0.2, 0.25) is 0 Å². The fraction of sp³-hybridized carbons (Fsp3) is 0.200. The predicted octanol–water partition coefficient (Wildman–Crippen LogP) is 1.45. The highest BCUT2D eigenvalue weighted by Gasteiger charge is 2.16. The van der Waals surface area contributed by atoms with Crippen LogP contribution >= 0.6 is 0 Å². The van der Waals surface area contributed by atoms with Crippen molar-refractivity contribution in [2.45, 2.75) is 12.2 Å². The molecular formula is C15H16O4. The van der Waals surface area contributed by atoms with Gasteiger partial charge in [-0.05, 0) is 28.8 Å². The Bertz CT molecular complexity index is 519. The van der Waals surface area contributed by atoms with Gasteiger partial charge < -0.3 is 20.4 Å². The molecule has 2 aromatic carbocycles. The van der Waals surface area contributed by atoms with E-state index >= 15 is 0 Å². The molecule has 0 saturated heterocycles. The van der Waals surface area contributed by atoms with E-state index < -0.39 is 18.8 Å². The van der Waals surface area contributed by atoms with Crippen LogP contribution in [0, 0.1) is 0 Å². The summed E-state index contributed by atoms with van der Waals surface area (Å²) in [4.78, 5) is 0. The van der Waals surface area contributed by atoms with E-state index in [4.69, 9.17) is 5.11 Å². The van der Waals surface area contributed by atoms with Gasteiger partial charge in [0.1, 0.15) is 18.0 Å². The summed E-state index contributed by atoms with van der Waals surface area (Å²) in [5, 5.41) is 37.1. The Balaban J connectivity index is 2.21. The van der Waals surface area contributed by atoms with Crippen molar-refractivity contribution in [1.29, 1.82) is 0 Å². The third-order valence-electron chi connectivity index (χ3n) is 3.00. The second kappa shape index (κ2) is 5.84. The second-order valence-corrected chi connectivity index (χ2v) is 4.36. The van der Waals surface area contributed by atoms with Crippen LogP contribution in [-0.4, -0.2) is 33.1 Å². The molecule has 0 aliphatic rings. The zero-order chi connectivity index (χ0) is 13.8. The lowest BCUT2D eigenvalue weighted by Gasteiger charge is -2.16. The van der Waals surface area contributed by atoms with Crippen molar-refractivity contribution in [2.75, 3.05) is 6.61 Å². The van der Waals surface area contributed by atoms with E-state index in [1.165, 1.54) is 0 Å². The monoisotopic (exact) mass is 260 g/mol. The minimum Gasteiger partial charge on any atom is -0.508 e. The van der Waals surface area contributed by atoms with E-state index in [2.05, 4.69) is 0 Å². The van der Waals surface area contributed by atoms with Gasteiger partial charge in [0.15, 0.2) is 0 Å². The first-order chi connectivity index (χ1) is 9.11. The Hall–Kier alpha value is -1.88. The number of hydrogen-bond donors (Lipinski definition) is 4. The molecule has 0 bridgehead atoms. The summed E-state index contributed by atoms with van der Waals surface area (Å²) < 4.78 is 0.